The Kier molecular flexibility index (Phi) is 5.70. The zero-order chi connectivity index (χ0) is 20.4. The maximum atomic E-state index is 12.4. The number of thioether (sulfide) groups is 1. The number of hydrogen-bond donors (Lipinski definition) is 1. The second-order valence-corrected chi connectivity index (χ2v) is 8.95. The van der Waals surface area contributed by atoms with E-state index in [1.165, 1.54) is 17.4 Å². The van der Waals surface area contributed by atoms with E-state index in [2.05, 4.69) is 15.3 Å². The average molecular weight is 444 g/mol. The lowest BCUT2D eigenvalue weighted by Gasteiger charge is -2.07. The summed E-state index contributed by atoms with van der Waals surface area (Å²) in [5.74, 6) is 1.01. The monoisotopic (exact) mass is 443 g/mol. The van der Waals surface area contributed by atoms with E-state index in [1.807, 2.05) is 30.5 Å². The average Bonchev–Trinajstić information content (AvgIpc) is 3.34. The van der Waals surface area contributed by atoms with Gasteiger partial charge in [0.1, 0.15) is 0 Å². The van der Waals surface area contributed by atoms with Crippen LogP contribution < -0.4 is 14.8 Å². The van der Waals surface area contributed by atoms with Crippen LogP contribution in [-0.2, 0) is 4.79 Å². The first-order chi connectivity index (χ1) is 14.1. The molecule has 6 nitrogen and oxygen atoms in total. The molecule has 0 aliphatic heterocycles. The van der Waals surface area contributed by atoms with Crippen molar-refractivity contribution in [3.05, 3.63) is 42.0 Å². The first-order valence-electron chi connectivity index (χ1n) is 8.56. The molecule has 0 aliphatic carbocycles. The highest BCUT2D eigenvalue weighted by Crippen LogP contribution is 2.38. The van der Waals surface area contributed by atoms with Crippen molar-refractivity contribution in [3.63, 3.8) is 0 Å². The lowest BCUT2D eigenvalue weighted by Crippen LogP contribution is -2.07. The largest absolute Gasteiger partial charge is 0.493 e. The van der Waals surface area contributed by atoms with Crippen molar-refractivity contribution in [3.8, 4) is 11.5 Å². The SMILES string of the molecule is COc1ccc(/C=C\C(=O)Nc2nc3ccc4nc(SC)sc4c3s2)cc1OC. The number of thiazole rings is 2. The van der Waals surface area contributed by atoms with Gasteiger partial charge in [-0.1, -0.05) is 29.2 Å². The van der Waals surface area contributed by atoms with Gasteiger partial charge in [-0.05, 0) is 42.2 Å². The molecule has 0 atom stereocenters. The van der Waals surface area contributed by atoms with E-state index in [1.54, 1.807) is 49.5 Å². The molecule has 2 aromatic carbocycles. The molecular formula is C20H17N3O3S3. The fourth-order valence-electron chi connectivity index (χ4n) is 2.77. The number of nitrogens with zero attached hydrogens (tertiary/aromatic N) is 2. The Labute approximate surface area is 179 Å². The van der Waals surface area contributed by atoms with Crippen LogP contribution in [0, 0.1) is 0 Å². The first kappa shape index (κ1) is 19.7. The first-order valence-corrected chi connectivity index (χ1v) is 11.4. The topological polar surface area (TPSA) is 73.3 Å². The van der Waals surface area contributed by atoms with Gasteiger partial charge in [0.05, 0.1) is 34.7 Å². The Hall–Kier alpha value is -2.62. The van der Waals surface area contributed by atoms with Crippen LogP contribution in [0.1, 0.15) is 5.56 Å². The summed E-state index contributed by atoms with van der Waals surface area (Å²) in [5.41, 5.74) is 2.65. The van der Waals surface area contributed by atoms with E-state index in [-0.39, 0.29) is 5.91 Å². The number of ether oxygens (including phenoxy) is 2. The van der Waals surface area contributed by atoms with Crippen LogP contribution in [0.4, 0.5) is 5.13 Å². The summed E-state index contributed by atoms with van der Waals surface area (Å²) in [5, 5.41) is 3.41. The van der Waals surface area contributed by atoms with Crippen LogP contribution in [0.15, 0.2) is 40.7 Å². The number of fused-ring (bicyclic) bond motifs is 3. The second-order valence-electron chi connectivity index (χ2n) is 5.90. The molecule has 2 aromatic heterocycles. The maximum absolute atomic E-state index is 12.4. The predicted molar refractivity (Wildman–Crippen MR) is 122 cm³/mol. The predicted octanol–water partition coefficient (Wildman–Crippen LogP) is 5.30. The highest BCUT2D eigenvalue weighted by molar-refractivity contribution is 8.00. The van der Waals surface area contributed by atoms with Crippen LogP contribution in [0.5, 0.6) is 11.5 Å². The highest BCUT2D eigenvalue weighted by Gasteiger charge is 2.12. The van der Waals surface area contributed by atoms with Gasteiger partial charge in [0, 0.05) is 6.08 Å². The van der Waals surface area contributed by atoms with Gasteiger partial charge in [-0.25, -0.2) is 9.97 Å². The third kappa shape index (κ3) is 4.07. The molecule has 0 spiro atoms. The minimum Gasteiger partial charge on any atom is -0.493 e. The van der Waals surface area contributed by atoms with E-state index < -0.39 is 0 Å². The zero-order valence-corrected chi connectivity index (χ0v) is 18.3. The third-order valence-corrected chi connectivity index (χ3v) is 7.34. The zero-order valence-electron chi connectivity index (χ0n) is 15.9. The van der Waals surface area contributed by atoms with E-state index in [0.717, 1.165) is 30.3 Å². The molecule has 1 amide bonds. The number of rotatable bonds is 6. The van der Waals surface area contributed by atoms with Crippen LogP contribution in [-0.4, -0.2) is 36.4 Å². The fourth-order valence-corrected chi connectivity index (χ4v) is 5.43. The van der Waals surface area contributed by atoms with Crippen LogP contribution in [0.25, 0.3) is 26.5 Å². The smallest absolute Gasteiger partial charge is 0.250 e. The third-order valence-electron chi connectivity index (χ3n) is 4.13. The van der Waals surface area contributed by atoms with Crippen molar-refractivity contribution in [1.29, 1.82) is 0 Å². The Morgan fingerprint density at radius 1 is 1.03 bits per heavy atom. The molecule has 4 rings (SSSR count). The quantitative estimate of drug-likeness (QED) is 0.322. The fraction of sp³-hybridized carbons (Fsp3) is 0.150. The summed E-state index contributed by atoms with van der Waals surface area (Å²) in [6.07, 6.45) is 5.20. The van der Waals surface area contributed by atoms with Gasteiger partial charge in [0.2, 0.25) is 5.91 Å². The minimum absolute atomic E-state index is 0.246. The van der Waals surface area contributed by atoms with Gasteiger partial charge >= 0.3 is 0 Å². The molecule has 0 saturated carbocycles. The van der Waals surface area contributed by atoms with Crippen molar-refractivity contribution in [2.24, 2.45) is 0 Å². The molecule has 2 heterocycles. The standard InChI is InChI=1S/C20H17N3O3S3/c1-25-14-8-4-11(10-15(14)26-2)5-9-16(24)23-19-21-12-6-7-13-18(17(12)28-19)29-20(22-13)27-3/h4-10H,1-3H3,(H,21,23,24)/b9-5-. The highest BCUT2D eigenvalue weighted by atomic mass is 32.2. The van der Waals surface area contributed by atoms with Gasteiger partial charge < -0.3 is 9.47 Å². The molecule has 0 unspecified atom stereocenters. The van der Waals surface area contributed by atoms with E-state index in [0.29, 0.717) is 16.6 Å². The molecular weight excluding hydrogens is 426 g/mol. The molecule has 148 valence electrons. The molecule has 0 radical (unpaired) electrons. The number of benzene rings is 2. The molecule has 4 aromatic rings. The van der Waals surface area contributed by atoms with Gasteiger partial charge in [0.15, 0.2) is 21.0 Å². The van der Waals surface area contributed by atoms with E-state index >= 15 is 0 Å². The van der Waals surface area contributed by atoms with Crippen LogP contribution in [0.2, 0.25) is 0 Å². The molecule has 0 aliphatic rings. The Bertz CT molecular complexity index is 1230. The summed E-state index contributed by atoms with van der Waals surface area (Å²) < 4.78 is 13.7. The molecule has 0 saturated heterocycles. The molecule has 9 heteroatoms. The Morgan fingerprint density at radius 3 is 2.48 bits per heavy atom. The Morgan fingerprint density at radius 2 is 1.76 bits per heavy atom. The second kappa shape index (κ2) is 8.40. The number of nitrogens with one attached hydrogen (secondary N) is 1. The summed E-state index contributed by atoms with van der Waals surface area (Å²) in [4.78, 5) is 21.5. The molecule has 0 fully saturated rings. The number of hydrogen-bond acceptors (Lipinski definition) is 8. The van der Waals surface area contributed by atoms with Crippen molar-refractivity contribution < 1.29 is 14.3 Å². The lowest BCUT2D eigenvalue weighted by molar-refractivity contribution is -0.111. The normalized spacial score (nSPS) is 11.4. The summed E-state index contributed by atoms with van der Waals surface area (Å²) in [6.45, 7) is 0. The van der Waals surface area contributed by atoms with Crippen molar-refractivity contribution in [2.75, 3.05) is 25.8 Å². The number of methoxy groups -OCH3 is 2. The molecule has 0 bridgehead atoms. The van der Waals surface area contributed by atoms with Crippen molar-refractivity contribution >= 4 is 72.0 Å². The molecule has 29 heavy (non-hydrogen) atoms. The number of aromatic nitrogens is 2. The van der Waals surface area contributed by atoms with E-state index in [9.17, 15) is 4.79 Å². The summed E-state index contributed by atoms with van der Waals surface area (Å²) in [7, 11) is 3.16. The lowest BCUT2D eigenvalue weighted by atomic mass is 10.2. The van der Waals surface area contributed by atoms with Gasteiger partial charge in [-0.3, -0.25) is 10.1 Å². The number of carbonyl (C=O) groups is 1. The van der Waals surface area contributed by atoms with Gasteiger partial charge in [-0.2, -0.15) is 0 Å². The van der Waals surface area contributed by atoms with Gasteiger partial charge in [-0.15, -0.1) is 11.3 Å². The maximum Gasteiger partial charge on any atom is 0.250 e. The molecule has 1 N–H and O–H groups in total. The minimum atomic E-state index is -0.246. The van der Waals surface area contributed by atoms with E-state index in [4.69, 9.17) is 9.47 Å². The van der Waals surface area contributed by atoms with Crippen LogP contribution >= 0.6 is 34.4 Å². The summed E-state index contributed by atoms with van der Waals surface area (Å²) >= 11 is 4.73. The van der Waals surface area contributed by atoms with Gasteiger partial charge in [0.25, 0.3) is 0 Å². The van der Waals surface area contributed by atoms with Crippen molar-refractivity contribution in [1.82, 2.24) is 9.97 Å². The number of anilines is 1. The Balaban J connectivity index is 1.53. The van der Waals surface area contributed by atoms with Crippen LogP contribution in [0.3, 0.4) is 0 Å². The number of amides is 1. The summed E-state index contributed by atoms with van der Waals surface area (Å²) in [6, 6.07) is 9.37. The van der Waals surface area contributed by atoms with Crippen molar-refractivity contribution in [2.45, 2.75) is 4.34 Å². The number of carbonyl (C=O) groups excluding carboxylic acids is 1.